The minimum absolute atomic E-state index is 0.192. The molecule has 0 unspecified atom stereocenters. The van der Waals surface area contributed by atoms with E-state index in [9.17, 15) is 9.59 Å². The van der Waals surface area contributed by atoms with Gasteiger partial charge in [-0.2, -0.15) is 10.1 Å². The van der Waals surface area contributed by atoms with Gasteiger partial charge in [-0.3, -0.25) is 13.9 Å². The third-order valence-electron chi connectivity index (χ3n) is 5.94. The number of hydrazone groups is 1. The van der Waals surface area contributed by atoms with Crippen molar-refractivity contribution in [3.8, 4) is 0 Å². The summed E-state index contributed by atoms with van der Waals surface area (Å²) in [5, 5.41) is 4.29. The van der Waals surface area contributed by atoms with E-state index in [1.165, 1.54) is 9.13 Å². The molecule has 0 bridgehead atoms. The van der Waals surface area contributed by atoms with Crippen LogP contribution in [0, 0.1) is 0 Å². The van der Waals surface area contributed by atoms with E-state index in [4.69, 9.17) is 0 Å². The fourth-order valence-corrected chi connectivity index (χ4v) is 3.97. The summed E-state index contributed by atoms with van der Waals surface area (Å²) in [7, 11) is 3.34. The third-order valence-corrected chi connectivity index (χ3v) is 5.94. The predicted molar refractivity (Wildman–Crippen MR) is 137 cm³/mol. The molecule has 1 N–H and O–H groups in total. The minimum atomic E-state index is -0.414. The van der Waals surface area contributed by atoms with Crippen LogP contribution in [0.2, 0.25) is 0 Å². The first-order valence-electron chi connectivity index (χ1n) is 11.3. The smallest absolute Gasteiger partial charge is 0.332 e. The number of benzene rings is 2. The van der Waals surface area contributed by atoms with Crippen LogP contribution in [-0.4, -0.2) is 38.0 Å². The van der Waals surface area contributed by atoms with Gasteiger partial charge < -0.3 is 9.47 Å². The van der Waals surface area contributed by atoms with E-state index < -0.39 is 5.69 Å². The maximum absolute atomic E-state index is 13.2. The molecule has 176 valence electrons. The lowest BCUT2D eigenvalue weighted by Crippen LogP contribution is -2.39. The average molecular weight is 460 g/mol. The van der Waals surface area contributed by atoms with Crippen LogP contribution in [0.1, 0.15) is 25.0 Å². The van der Waals surface area contributed by atoms with E-state index >= 15 is 0 Å². The van der Waals surface area contributed by atoms with Gasteiger partial charge in [-0.1, -0.05) is 42.5 Å². The van der Waals surface area contributed by atoms with Crippen molar-refractivity contribution in [2.45, 2.75) is 20.4 Å². The molecule has 0 radical (unpaired) electrons. The highest BCUT2D eigenvalue weighted by Crippen LogP contribution is 2.15. The van der Waals surface area contributed by atoms with Crippen molar-refractivity contribution in [3.63, 3.8) is 0 Å². The fraction of sp³-hybridized carbons (Fsp3) is 0.280. The Morgan fingerprint density at radius 1 is 0.971 bits per heavy atom. The van der Waals surface area contributed by atoms with Crippen LogP contribution in [0.5, 0.6) is 0 Å². The minimum Gasteiger partial charge on any atom is -0.372 e. The van der Waals surface area contributed by atoms with Gasteiger partial charge in [-0.25, -0.2) is 10.2 Å². The molecular weight excluding hydrogens is 430 g/mol. The van der Waals surface area contributed by atoms with Crippen molar-refractivity contribution >= 4 is 29.0 Å². The zero-order valence-corrected chi connectivity index (χ0v) is 19.9. The zero-order valence-electron chi connectivity index (χ0n) is 19.9. The Morgan fingerprint density at radius 2 is 1.65 bits per heavy atom. The lowest BCUT2D eigenvalue weighted by Gasteiger charge is -2.20. The van der Waals surface area contributed by atoms with Crippen molar-refractivity contribution in [2.75, 3.05) is 23.4 Å². The number of nitrogens with one attached hydrogen (secondary N) is 1. The lowest BCUT2D eigenvalue weighted by atomic mass is 10.2. The monoisotopic (exact) mass is 459 g/mol. The fourth-order valence-electron chi connectivity index (χ4n) is 3.97. The summed E-state index contributed by atoms with van der Waals surface area (Å²) < 4.78 is 4.24. The first kappa shape index (κ1) is 23.0. The summed E-state index contributed by atoms with van der Waals surface area (Å²) >= 11 is 0. The molecule has 0 saturated heterocycles. The molecule has 2 heterocycles. The van der Waals surface area contributed by atoms with Gasteiger partial charge in [-0.15, -0.1) is 0 Å². The molecular formula is C25H29N7O2. The molecule has 34 heavy (non-hydrogen) atoms. The molecule has 2 aromatic carbocycles. The number of aryl methyl sites for hydroxylation is 2. The number of fused-ring (bicyclic) bond motifs is 1. The second kappa shape index (κ2) is 9.78. The highest BCUT2D eigenvalue weighted by Gasteiger charge is 2.18. The third kappa shape index (κ3) is 4.36. The Hall–Kier alpha value is -4.14. The van der Waals surface area contributed by atoms with Crippen molar-refractivity contribution in [2.24, 2.45) is 19.2 Å². The Morgan fingerprint density at radius 3 is 2.29 bits per heavy atom. The highest BCUT2D eigenvalue weighted by atomic mass is 16.2. The van der Waals surface area contributed by atoms with Crippen molar-refractivity contribution in [1.82, 2.24) is 18.7 Å². The molecule has 0 aliphatic rings. The first-order valence-corrected chi connectivity index (χ1v) is 11.3. The van der Waals surface area contributed by atoms with Crippen molar-refractivity contribution in [3.05, 3.63) is 86.6 Å². The van der Waals surface area contributed by atoms with Gasteiger partial charge in [0.25, 0.3) is 5.56 Å². The second-order valence-corrected chi connectivity index (χ2v) is 8.02. The maximum Gasteiger partial charge on any atom is 0.332 e. The van der Waals surface area contributed by atoms with Gasteiger partial charge >= 0.3 is 5.69 Å². The Labute approximate surface area is 197 Å². The van der Waals surface area contributed by atoms with E-state index in [0.717, 1.165) is 29.9 Å². The van der Waals surface area contributed by atoms with Crippen LogP contribution in [-0.2, 0) is 20.6 Å². The second-order valence-electron chi connectivity index (χ2n) is 8.02. The SMILES string of the molecule is CCN(CC)c1ccc(/C=N/Nc2nc3c(c(=O)n(Cc4ccccc4)c(=O)n3C)n2C)cc1. The lowest BCUT2D eigenvalue weighted by molar-refractivity contribution is 0.655. The normalized spacial score (nSPS) is 11.4. The quantitative estimate of drug-likeness (QED) is 0.323. The standard InChI is InChI=1S/C25H29N7O2/c1-5-31(6-2)20-14-12-18(13-15-20)16-26-28-24-27-22-21(29(24)3)23(33)32(25(34)30(22)4)17-19-10-8-7-9-11-19/h7-16H,5-6,17H2,1-4H3,(H,27,28)/b26-16+. The average Bonchev–Trinajstić information content (AvgIpc) is 3.19. The number of rotatable bonds is 8. The summed E-state index contributed by atoms with van der Waals surface area (Å²) in [4.78, 5) is 32.8. The summed E-state index contributed by atoms with van der Waals surface area (Å²) in [6.45, 7) is 6.36. The van der Waals surface area contributed by atoms with Gasteiger partial charge in [0.2, 0.25) is 5.95 Å². The van der Waals surface area contributed by atoms with E-state index in [2.05, 4.69) is 46.4 Å². The Balaban J connectivity index is 1.61. The van der Waals surface area contributed by atoms with Gasteiger partial charge in [0.05, 0.1) is 12.8 Å². The van der Waals surface area contributed by atoms with Gasteiger partial charge in [-0.05, 0) is 37.1 Å². The number of hydrogen-bond acceptors (Lipinski definition) is 6. The molecule has 0 atom stereocenters. The number of nitrogens with zero attached hydrogens (tertiary/aromatic N) is 6. The van der Waals surface area contributed by atoms with E-state index in [0.29, 0.717) is 17.1 Å². The number of aromatic nitrogens is 4. The Kier molecular flexibility index (Phi) is 6.62. The van der Waals surface area contributed by atoms with Crippen LogP contribution < -0.4 is 21.6 Å². The summed E-state index contributed by atoms with van der Waals surface area (Å²) in [5.74, 6) is 0.371. The number of hydrogen-bond donors (Lipinski definition) is 1. The molecule has 0 aliphatic heterocycles. The van der Waals surface area contributed by atoms with Crippen molar-refractivity contribution in [1.29, 1.82) is 0 Å². The topological polar surface area (TPSA) is 89.5 Å². The van der Waals surface area contributed by atoms with Crippen LogP contribution >= 0.6 is 0 Å². The van der Waals surface area contributed by atoms with Crippen LogP contribution in [0.15, 0.2) is 69.3 Å². The molecule has 0 fully saturated rings. The molecule has 0 aliphatic carbocycles. The maximum atomic E-state index is 13.2. The molecule has 2 aromatic heterocycles. The van der Waals surface area contributed by atoms with Crippen LogP contribution in [0.4, 0.5) is 11.6 Å². The molecule has 4 aromatic rings. The van der Waals surface area contributed by atoms with Gasteiger partial charge in [0.1, 0.15) is 0 Å². The first-order chi connectivity index (χ1) is 16.4. The summed E-state index contributed by atoms with van der Waals surface area (Å²) in [6, 6.07) is 17.6. The largest absolute Gasteiger partial charge is 0.372 e. The van der Waals surface area contributed by atoms with Crippen molar-refractivity contribution < 1.29 is 0 Å². The molecule has 9 nitrogen and oxygen atoms in total. The zero-order chi connectivity index (χ0) is 24.2. The molecule has 9 heteroatoms. The van der Waals surface area contributed by atoms with Crippen LogP contribution in [0.25, 0.3) is 11.2 Å². The van der Waals surface area contributed by atoms with E-state index in [-0.39, 0.29) is 12.1 Å². The molecule has 0 amide bonds. The summed E-state index contributed by atoms with van der Waals surface area (Å²) in [6.07, 6.45) is 1.69. The summed E-state index contributed by atoms with van der Waals surface area (Å²) in [5.41, 5.74) is 5.71. The molecule has 0 saturated carbocycles. The van der Waals surface area contributed by atoms with Gasteiger partial charge in [0.15, 0.2) is 11.2 Å². The molecule has 4 rings (SSSR count). The molecule has 0 spiro atoms. The highest BCUT2D eigenvalue weighted by molar-refractivity contribution is 5.81. The van der Waals surface area contributed by atoms with Gasteiger partial charge in [0, 0.05) is 32.9 Å². The predicted octanol–water partition coefficient (Wildman–Crippen LogP) is 2.77. The Bertz CT molecular complexity index is 1430. The number of imidazole rings is 1. The van der Waals surface area contributed by atoms with E-state index in [1.54, 1.807) is 24.9 Å². The van der Waals surface area contributed by atoms with E-state index in [1.807, 2.05) is 42.5 Å². The number of anilines is 2. The van der Waals surface area contributed by atoms with Crippen LogP contribution in [0.3, 0.4) is 0 Å².